The number of pyridine rings is 1. The van der Waals surface area contributed by atoms with E-state index >= 15 is 0 Å². The van der Waals surface area contributed by atoms with Crippen LogP contribution in [0, 0.1) is 0 Å². The number of hydrogen-bond acceptors (Lipinski definition) is 1. The lowest BCUT2D eigenvalue weighted by atomic mass is 10.2. The molecule has 0 radical (unpaired) electrons. The van der Waals surface area contributed by atoms with Crippen LogP contribution in [0.5, 0.6) is 0 Å². The van der Waals surface area contributed by atoms with Gasteiger partial charge in [0, 0.05) is 20.2 Å². The first kappa shape index (κ1) is 11.2. The summed E-state index contributed by atoms with van der Waals surface area (Å²) in [5.74, 6) is 0.0360. The van der Waals surface area contributed by atoms with Crippen LogP contribution in [-0.4, -0.2) is 30.2 Å². The second-order valence-corrected chi connectivity index (χ2v) is 4.01. The normalized spacial score (nSPS) is 9.93. The molecule has 0 spiro atoms. The first-order chi connectivity index (χ1) is 6.65. The molecule has 0 aromatic carbocycles. The summed E-state index contributed by atoms with van der Waals surface area (Å²) in [4.78, 5) is 13.2. The Kier molecular flexibility index (Phi) is 4.07. The van der Waals surface area contributed by atoms with Crippen molar-refractivity contribution >= 4 is 21.8 Å². The third-order valence-corrected chi connectivity index (χ3v) is 2.21. The first-order valence-corrected chi connectivity index (χ1v) is 5.54. The van der Waals surface area contributed by atoms with Crippen LogP contribution in [0.25, 0.3) is 0 Å². The first-order valence-electron chi connectivity index (χ1n) is 4.42. The Balaban J connectivity index is 2.88. The summed E-state index contributed by atoms with van der Waals surface area (Å²) in [6.07, 6.45) is 3.82. The zero-order valence-electron chi connectivity index (χ0n) is 8.40. The van der Waals surface area contributed by atoms with Crippen molar-refractivity contribution in [2.24, 2.45) is 0 Å². The van der Waals surface area contributed by atoms with E-state index in [1.54, 1.807) is 19.0 Å². The van der Waals surface area contributed by atoms with E-state index in [0.717, 1.165) is 17.4 Å². The second kappa shape index (κ2) is 5.10. The summed E-state index contributed by atoms with van der Waals surface area (Å²) in [7, 11) is 3.51. The molecule has 0 fully saturated rings. The molecule has 1 aromatic heterocycles. The number of rotatable bonds is 3. The average molecular weight is 258 g/mol. The highest BCUT2D eigenvalue weighted by molar-refractivity contribution is 9.09. The third-order valence-electron chi connectivity index (χ3n) is 1.85. The summed E-state index contributed by atoms with van der Waals surface area (Å²) in [6, 6.07) is 3.71. The quantitative estimate of drug-likeness (QED) is 0.588. The molecule has 0 saturated heterocycles. The number of halogens is 1. The van der Waals surface area contributed by atoms with Crippen molar-refractivity contribution < 1.29 is 9.36 Å². The Labute approximate surface area is 92.5 Å². The minimum atomic E-state index is 0.0360. The predicted molar refractivity (Wildman–Crippen MR) is 58.4 cm³/mol. The zero-order valence-corrected chi connectivity index (χ0v) is 9.99. The summed E-state index contributed by atoms with van der Waals surface area (Å²) in [5, 5.41) is 0.886. The molecule has 0 atom stereocenters. The number of nitrogens with zero attached hydrogens (tertiary/aromatic N) is 2. The molecule has 76 valence electrons. The van der Waals surface area contributed by atoms with Crippen LogP contribution in [0.3, 0.4) is 0 Å². The number of hydrogen-bond donors (Lipinski definition) is 0. The Morgan fingerprint density at radius 2 is 2.29 bits per heavy atom. The monoisotopic (exact) mass is 257 g/mol. The van der Waals surface area contributed by atoms with Crippen LogP contribution < -0.4 is 4.57 Å². The van der Waals surface area contributed by atoms with Gasteiger partial charge in [-0.2, -0.15) is 0 Å². The van der Waals surface area contributed by atoms with Gasteiger partial charge in [0.05, 0.1) is 5.33 Å². The average Bonchev–Trinajstić information content (AvgIpc) is 2.17. The Hall–Kier alpha value is -0.900. The molecule has 0 bridgehead atoms. The number of carbonyl (C=O) groups is 1. The van der Waals surface area contributed by atoms with Gasteiger partial charge in [0.1, 0.15) is 5.56 Å². The van der Waals surface area contributed by atoms with Crippen molar-refractivity contribution in [1.82, 2.24) is 4.90 Å². The maximum atomic E-state index is 11.6. The smallest absolute Gasteiger partial charge is 0.259 e. The fourth-order valence-electron chi connectivity index (χ4n) is 1.14. The van der Waals surface area contributed by atoms with Crippen LogP contribution in [0.15, 0.2) is 24.5 Å². The lowest BCUT2D eigenvalue weighted by molar-refractivity contribution is -0.692. The number of aryl methyl sites for hydroxylation is 1. The van der Waals surface area contributed by atoms with Crippen LogP contribution in [0.1, 0.15) is 10.4 Å². The summed E-state index contributed by atoms with van der Waals surface area (Å²) in [6.45, 7) is 0.870. The highest BCUT2D eigenvalue weighted by Crippen LogP contribution is 1.98. The van der Waals surface area contributed by atoms with Crippen molar-refractivity contribution in [1.29, 1.82) is 0 Å². The lowest BCUT2D eigenvalue weighted by Crippen LogP contribution is -2.35. The minimum Gasteiger partial charge on any atom is -0.345 e. The van der Waals surface area contributed by atoms with Crippen molar-refractivity contribution in [3.63, 3.8) is 0 Å². The highest BCUT2D eigenvalue weighted by Gasteiger charge is 2.11. The number of carbonyl (C=O) groups excluding carboxylic acids is 1. The van der Waals surface area contributed by atoms with Gasteiger partial charge in [0.25, 0.3) is 5.91 Å². The van der Waals surface area contributed by atoms with Crippen molar-refractivity contribution in [2.75, 3.05) is 19.4 Å². The molecule has 0 aliphatic rings. The zero-order chi connectivity index (χ0) is 10.6. The van der Waals surface area contributed by atoms with Gasteiger partial charge in [0.15, 0.2) is 18.9 Å². The van der Waals surface area contributed by atoms with E-state index in [4.69, 9.17) is 0 Å². The topological polar surface area (TPSA) is 24.2 Å². The molecule has 0 aliphatic heterocycles. The van der Waals surface area contributed by atoms with Gasteiger partial charge in [-0.1, -0.05) is 15.9 Å². The van der Waals surface area contributed by atoms with E-state index in [2.05, 4.69) is 15.9 Å². The van der Waals surface area contributed by atoms with E-state index in [9.17, 15) is 4.79 Å². The highest BCUT2D eigenvalue weighted by atomic mass is 79.9. The van der Waals surface area contributed by atoms with E-state index in [0.29, 0.717) is 0 Å². The predicted octanol–water partition coefficient (Wildman–Crippen LogP) is 1.07. The maximum Gasteiger partial charge on any atom is 0.259 e. The summed E-state index contributed by atoms with van der Waals surface area (Å²) >= 11 is 3.36. The lowest BCUT2D eigenvalue weighted by Gasteiger charge is -2.08. The van der Waals surface area contributed by atoms with E-state index in [1.165, 1.54) is 0 Å². The van der Waals surface area contributed by atoms with E-state index < -0.39 is 0 Å². The molecule has 0 saturated carbocycles. The van der Waals surface area contributed by atoms with Gasteiger partial charge in [0.2, 0.25) is 0 Å². The van der Waals surface area contributed by atoms with E-state index in [1.807, 2.05) is 29.1 Å². The molecule has 0 aliphatic carbocycles. The van der Waals surface area contributed by atoms with Crippen molar-refractivity contribution in [3.8, 4) is 0 Å². The summed E-state index contributed by atoms with van der Waals surface area (Å²) in [5.41, 5.74) is 0.721. The van der Waals surface area contributed by atoms with Gasteiger partial charge in [-0.05, 0) is 6.07 Å². The molecular weight excluding hydrogens is 244 g/mol. The number of alkyl halides is 1. The van der Waals surface area contributed by atoms with E-state index in [-0.39, 0.29) is 5.91 Å². The molecule has 4 heteroatoms. The van der Waals surface area contributed by atoms with Gasteiger partial charge >= 0.3 is 0 Å². The van der Waals surface area contributed by atoms with Crippen LogP contribution >= 0.6 is 15.9 Å². The van der Waals surface area contributed by atoms with Crippen LogP contribution in [0.4, 0.5) is 0 Å². The largest absolute Gasteiger partial charge is 0.345 e. The Morgan fingerprint density at radius 3 is 2.86 bits per heavy atom. The maximum absolute atomic E-state index is 11.6. The number of aromatic nitrogens is 1. The Bertz CT molecular complexity index is 326. The minimum absolute atomic E-state index is 0.0360. The van der Waals surface area contributed by atoms with Crippen LogP contribution in [0.2, 0.25) is 0 Å². The summed E-state index contributed by atoms with van der Waals surface area (Å²) < 4.78 is 1.99. The Morgan fingerprint density at radius 1 is 1.57 bits per heavy atom. The fraction of sp³-hybridized carbons (Fsp3) is 0.400. The third kappa shape index (κ3) is 2.80. The molecule has 1 rings (SSSR count). The van der Waals surface area contributed by atoms with Crippen molar-refractivity contribution in [2.45, 2.75) is 6.54 Å². The van der Waals surface area contributed by atoms with Gasteiger partial charge in [-0.3, -0.25) is 4.79 Å². The van der Waals surface area contributed by atoms with Gasteiger partial charge < -0.3 is 4.90 Å². The molecule has 1 amide bonds. The SMILES string of the molecule is CN(C)C(=O)c1ccc[n+](CCBr)c1. The second-order valence-electron chi connectivity index (χ2n) is 3.22. The van der Waals surface area contributed by atoms with Crippen LogP contribution in [-0.2, 0) is 6.54 Å². The molecule has 0 N–H and O–H groups in total. The molecule has 0 unspecified atom stereocenters. The molecular formula is C10H14BrN2O+. The standard InChI is InChI=1S/C10H14BrN2O/c1-12(2)10(14)9-4-3-6-13(8-9)7-5-11/h3-4,6,8H,5,7H2,1-2H3/q+1. The number of amides is 1. The fourth-order valence-corrected chi connectivity index (χ4v) is 1.55. The molecule has 3 nitrogen and oxygen atoms in total. The van der Waals surface area contributed by atoms with Crippen molar-refractivity contribution in [3.05, 3.63) is 30.1 Å². The van der Waals surface area contributed by atoms with Gasteiger partial charge in [-0.15, -0.1) is 0 Å². The molecule has 14 heavy (non-hydrogen) atoms. The molecule has 1 aromatic rings. The van der Waals surface area contributed by atoms with Gasteiger partial charge in [-0.25, -0.2) is 4.57 Å². The molecule has 1 heterocycles.